The number of hydrogen-bond donors (Lipinski definition) is 1. The number of ether oxygens (including phenoxy) is 1. The average molecular weight is 394 g/mol. The van der Waals surface area contributed by atoms with Crippen molar-refractivity contribution in [1.29, 1.82) is 0 Å². The highest BCUT2D eigenvalue weighted by molar-refractivity contribution is 7.25. The van der Waals surface area contributed by atoms with E-state index in [2.05, 4.69) is 24.3 Å². The molecule has 4 rings (SSSR count). The molecule has 2 aromatic heterocycles. The maximum atomic E-state index is 13.4. The molecule has 0 saturated carbocycles. The normalized spacial score (nSPS) is 11.6. The largest absolute Gasteiger partial charge is 0.497 e. The van der Waals surface area contributed by atoms with Crippen molar-refractivity contribution in [3.05, 3.63) is 52.7 Å². The molecule has 0 amide bonds. The van der Waals surface area contributed by atoms with Gasteiger partial charge in [0.15, 0.2) is 5.43 Å². The number of nitrogens with zero attached hydrogens (tertiary/aromatic N) is 2. The van der Waals surface area contributed by atoms with Crippen LogP contribution in [0.5, 0.6) is 5.75 Å². The van der Waals surface area contributed by atoms with E-state index in [1.165, 1.54) is 0 Å². The van der Waals surface area contributed by atoms with E-state index < -0.39 is 0 Å². The Labute approximate surface area is 167 Å². The van der Waals surface area contributed by atoms with Crippen LogP contribution >= 0.6 is 11.3 Å². The second-order valence-electron chi connectivity index (χ2n) is 7.06. The average Bonchev–Trinajstić information content (AvgIpc) is 2.70. The van der Waals surface area contributed by atoms with E-state index in [0.29, 0.717) is 11.1 Å². The summed E-state index contributed by atoms with van der Waals surface area (Å²) in [4.78, 5) is 20.4. The first-order valence-corrected chi connectivity index (χ1v) is 10.1. The lowest BCUT2D eigenvalue weighted by atomic mass is 10.1. The van der Waals surface area contributed by atoms with Gasteiger partial charge in [0.25, 0.3) is 0 Å². The molecule has 4 aromatic rings. The van der Waals surface area contributed by atoms with E-state index in [0.717, 1.165) is 51.0 Å². The third-order valence-electron chi connectivity index (χ3n) is 4.79. The SMILES string of the molecule is COc1ccc2sc3c(NCCCN(C)C)nc4ccccc4c3c(=O)c2c1. The van der Waals surface area contributed by atoms with Gasteiger partial charge in [-0.1, -0.05) is 18.2 Å². The molecule has 0 radical (unpaired) electrons. The van der Waals surface area contributed by atoms with Gasteiger partial charge in [0, 0.05) is 22.0 Å². The Morgan fingerprint density at radius 3 is 2.75 bits per heavy atom. The molecule has 0 spiro atoms. The number of aromatic nitrogens is 1. The molecule has 0 atom stereocenters. The second-order valence-corrected chi connectivity index (χ2v) is 8.11. The van der Waals surface area contributed by atoms with Crippen molar-refractivity contribution >= 4 is 48.2 Å². The van der Waals surface area contributed by atoms with E-state index in [-0.39, 0.29) is 5.43 Å². The number of anilines is 1. The highest BCUT2D eigenvalue weighted by Crippen LogP contribution is 2.34. The van der Waals surface area contributed by atoms with Crippen molar-refractivity contribution in [3.63, 3.8) is 0 Å². The summed E-state index contributed by atoms with van der Waals surface area (Å²) in [6, 6.07) is 13.5. The molecule has 0 saturated heterocycles. The lowest BCUT2D eigenvalue weighted by Gasteiger charge is -2.13. The molecule has 0 aliphatic rings. The molecule has 5 nitrogen and oxygen atoms in total. The monoisotopic (exact) mass is 393 g/mol. The second kappa shape index (κ2) is 7.73. The summed E-state index contributed by atoms with van der Waals surface area (Å²) in [5, 5.41) is 5.76. The Morgan fingerprint density at radius 2 is 1.96 bits per heavy atom. The molecule has 0 aliphatic carbocycles. The Morgan fingerprint density at radius 1 is 1.14 bits per heavy atom. The zero-order valence-electron chi connectivity index (χ0n) is 16.3. The predicted octanol–water partition coefficient (Wildman–Crippen LogP) is 4.34. The molecule has 6 heteroatoms. The molecule has 1 N–H and O–H groups in total. The van der Waals surface area contributed by atoms with Crippen LogP contribution in [0.4, 0.5) is 5.82 Å². The molecule has 0 fully saturated rings. The van der Waals surface area contributed by atoms with Gasteiger partial charge in [0.2, 0.25) is 0 Å². The van der Waals surface area contributed by atoms with Crippen molar-refractivity contribution in [2.45, 2.75) is 6.42 Å². The van der Waals surface area contributed by atoms with Gasteiger partial charge in [-0.25, -0.2) is 4.98 Å². The fraction of sp³-hybridized carbons (Fsp3) is 0.273. The number of pyridine rings is 1. The summed E-state index contributed by atoms with van der Waals surface area (Å²) < 4.78 is 7.17. The van der Waals surface area contributed by atoms with Crippen LogP contribution in [0.3, 0.4) is 0 Å². The molecule has 28 heavy (non-hydrogen) atoms. The first-order chi connectivity index (χ1) is 13.6. The van der Waals surface area contributed by atoms with Crippen LogP contribution in [-0.4, -0.2) is 44.2 Å². The zero-order valence-corrected chi connectivity index (χ0v) is 17.1. The maximum absolute atomic E-state index is 13.4. The van der Waals surface area contributed by atoms with Crippen LogP contribution in [0.1, 0.15) is 6.42 Å². The molecular formula is C22H23N3O2S. The van der Waals surface area contributed by atoms with Crippen LogP contribution in [0, 0.1) is 0 Å². The summed E-state index contributed by atoms with van der Waals surface area (Å²) in [5.41, 5.74) is 0.856. The van der Waals surface area contributed by atoms with Crippen molar-refractivity contribution in [2.75, 3.05) is 39.6 Å². The first kappa shape index (κ1) is 18.7. The fourth-order valence-electron chi connectivity index (χ4n) is 3.39. The molecule has 144 valence electrons. The minimum absolute atomic E-state index is 0.0255. The lowest BCUT2D eigenvalue weighted by Crippen LogP contribution is -2.17. The summed E-state index contributed by atoms with van der Waals surface area (Å²) in [7, 11) is 5.75. The predicted molar refractivity (Wildman–Crippen MR) is 119 cm³/mol. The van der Waals surface area contributed by atoms with Crippen LogP contribution in [0.25, 0.3) is 31.1 Å². The lowest BCUT2D eigenvalue weighted by molar-refractivity contribution is 0.405. The smallest absolute Gasteiger partial charge is 0.196 e. The number of fused-ring (bicyclic) bond motifs is 4. The summed E-state index contributed by atoms with van der Waals surface area (Å²) >= 11 is 1.60. The third-order valence-corrected chi connectivity index (χ3v) is 5.97. The fourth-order valence-corrected chi connectivity index (χ4v) is 4.53. The van der Waals surface area contributed by atoms with Crippen LogP contribution in [0.2, 0.25) is 0 Å². The molecule has 2 aromatic carbocycles. The maximum Gasteiger partial charge on any atom is 0.196 e. The van der Waals surface area contributed by atoms with Gasteiger partial charge >= 0.3 is 0 Å². The van der Waals surface area contributed by atoms with Crippen LogP contribution in [0.15, 0.2) is 47.3 Å². The van der Waals surface area contributed by atoms with E-state index >= 15 is 0 Å². The number of benzene rings is 2. The molecule has 2 heterocycles. The van der Waals surface area contributed by atoms with E-state index in [9.17, 15) is 4.79 Å². The highest BCUT2D eigenvalue weighted by Gasteiger charge is 2.15. The minimum Gasteiger partial charge on any atom is -0.497 e. The van der Waals surface area contributed by atoms with Gasteiger partial charge in [0.1, 0.15) is 11.6 Å². The van der Waals surface area contributed by atoms with Crippen LogP contribution in [-0.2, 0) is 0 Å². The molecule has 0 aliphatic heterocycles. The topological polar surface area (TPSA) is 54.5 Å². The Kier molecular flexibility index (Phi) is 5.15. The quantitative estimate of drug-likeness (QED) is 0.300. The minimum atomic E-state index is 0.0255. The number of methoxy groups -OCH3 is 1. The van der Waals surface area contributed by atoms with Gasteiger partial charge in [-0.05, 0) is 51.3 Å². The number of nitrogens with one attached hydrogen (secondary N) is 1. The molecular weight excluding hydrogens is 370 g/mol. The zero-order chi connectivity index (χ0) is 19.7. The summed E-state index contributed by atoms with van der Waals surface area (Å²) in [5.74, 6) is 1.48. The summed E-state index contributed by atoms with van der Waals surface area (Å²) in [6.07, 6.45) is 1.00. The standard InChI is InChI=1S/C22H23N3O2S/c1-25(2)12-6-11-23-22-21-19(15-7-4-5-8-17(15)24-22)20(26)16-13-14(27-3)9-10-18(16)28-21/h4-5,7-10,13H,6,11-12H2,1-3H3,(H,23,24). The van der Waals surface area contributed by atoms with Gasteiger partial charge < -0.3 is 15.0 Å². The Balaban J connectivity index is 1.94. The van der Waals surface area contributed by atoms with Gasteiger partial charge in [-0.2, -0.15) is 0 Å². The van der Waals surface area contributed by atoms with E-state index in [1.54, 1.807) is 18.4 Å². The molecule has 0 bridgehead atoms. The number of hydrogen-bond acceptors (Lipinski definition) is 6. The van der Waals surface area contributed by atoms with Gasteiger partial charge in [0.05, 0.1) is 22.7 Å². The Bertz CT molecular complexity index is 1220. The first-order valence-electron chi connectivity index (χ1n) is 9.30. The van der Waals surface area contributed by atoms with Crippen molar-refractivity contribution in [1.82, 2.24) is 9.88 Å². The van der Waals surface area contributed by atoms with Crippen molar-refractivity contribution in [3.8, 4) is 5.75 Å². The summed E-state index contributed by atoms with van der Waals surface area (Å²) in [6.45, 7) is 1.80. The van der Waals surface area contributed by atoms with Crippen molar-refractivity contribution in [2.24, 2.45) is 0 Å². The molecule has 0 unspecified atom stereocenters. The van der Waals surface area contributed by atoms with Gasteiger partial charge in [-0.15, -0.1) is 11.3 Å². The third kappa shape index (κ3) is 3.41. The van der Waals surface area contributed by atoms with E-state index in [1.807, 2.05) is 42.5 Å². The van der Waals surface area contributed by atoms with Crippen LogP contribution < -0.4 is 15.5 Å². The number of para-hydroxylation sites is 1. The van der Waals surface area contributed by atoms with E-state index in [4.69, 9.17) is 9.72 Å². The number of rotatable bonds is 6. The Hall–Kier alpha value is -2.70. The van der Waals surface area contributed by atoms with Crippen molar-refractivity contribution < 1.29 is 4.74 Å². The highest BCUT2D eigenvalue weighted by atomic mass is 32.1. The van der Waals surface area contributed by atoms with Gasteiger partial charge in [-0.3, -0.25) is 4.79 Å².